The van der Waals surface area contributed by atoms with Crippen molar-refractivity contribution in [2.24, 2.45) is 0 Å². The van der Waals surface area contributed by atoms with Crippen molar-refractivity contribution in [2.75, 3.05) is 26.2 Å². The molecule has 1 aliphatic rings. The Morgan fingerprint density at radius 3 is 2.58 bits per heavy atom. The molecule has 6 heteroatoms. The average Bonchev–Trinajstić information content (AvgIpc) is 2.39. The lowest BCUT2D eigenvalue weighted by molar-refractivity contribution is -0.150. The Kier molecular flexibility index (Phi) is 5.60. The fourth-order valence-electron chi connectivity index (χ4n) is 2.47. The molecule has 0 radical (unpaired) electrons. The Hall–Kier alpha value is -1.30. The average molecular weight is 272 g/mol. The summed E-state index contributed by atoms with van der Waals surface area (Å²) in [6.45, 7) is 4.96. The molecule has 1 atom stereocenters. The van der Waals surface area contributed by atoms with Gasteiger partial charge in [-0.2, -0.15) is 0 Å². The van der Waals surface area contributed by atoms with Crippen LogP contribution in [0.5, 0.6) is 0 Å². The van der Waals surface area contributed by atoms with E-state index < -0.39 is 11.5 Å². The summed E-state index contributed by atoms with van der Waals surface area (Å²) in [5.74, 6) is -0.946. The van der Waals surface area contributed by atoms with Crippen LogP contribution in [0.1, 0.15) is 39.5 Å². The topological polar surface area (TPSA) is 81.1 Å². The van der Waals surface area contributed by atoms with Crippen LogP contribution in [0.3, 0.4) is 0 Å². The van der Waals surface area contributed by atoms with Crippen molar-refractivity contribution in [3.8, 4) is 0 Å². The van der Waals surface area contributed by atoms with E-state index in [2.05, 4.69) is 0 Å². The van der Waals surface area contributed by atoms with Crippen LogP contribution in [-0.2, 0) is 4.79 Å². The first kappa shape index (κ1) is 15.8. The van der Waals surface area contributed by atoms with Crippen molar-refractivity contribution >= 4 is 12.0 Å². The highest BCUT2D eigenvalue weighted by Gasteiger charge is 2.44. The lowest BCUT2D eigenvalue weighted by Crippen LogP contribution is -2.60. The van der Waals surface area contributed by atoms with E-state index in [0.29, 0.717) is 32.5 Å². The molecule has 110 valence electrons. The molecule has 0 bridgehead atoms. The van der Waals surface area contributed by atoms with Gasteiger partial charge in [0.25, 0.3) is 0 Å². The van der Waals surface area contributed by atoms with Gasteiger partial charge in [-0.05, 0) is 39.5 Å². The quantitative estimate of drug-likeness (QED) is 0.786. The minimum absolute atomic E-state index is 0.0278. The van der Waals surface area contributed by atoms with Gasteiger partial charge in [0, 0.05) is 26.2 Å². The molecule has 0 aromatic rings. The largest absolute Gasteiger partial charge is 0.480 e. The molecule has 0 aliphatic carbocycles. The summed E-state index contributed by atoms with van der Waals surface area (Å²) in [7, 11) is 0. The second-order valence-electron chi connectivity index (χ2n) is 5.13. The zero-order chi connectivity index (χ0) is 14.5. The summed E-state index contributed by atoms with van der Waals surface area (Å²) in [5, 5.41) is 18.2. The monoisotopic (exact) mass is 272 g/mol. The van der Waals surface area contributed by atoms with Crippen LogP contribution in [0.4, 0.5) is 4.79 Å². The smallest absolute Gasteiger partial charge is 0.329 e. The predicted octanol–water partition coefficient (Wildman–Crippen LogP) is 1.14. The summed E-state index contributed by atoms with van der Waals surface area (Å²) >= 11 is 0. The van der Waals surface area contributed by atoms with Gasteiger partial charge in [0.2, 0.25) is 0 Å². The normalized spacial score (nSPS) is 23.2. The third-order valence-electron chi connectivity index (χ3n) is 3.82. The Bertz CT molecular complexity index is 335. The van der Waals surface area contributed by atoms with E-state index in [1.165, 1.54) is 4.90 Å². The third-order valence-corrected chi connectivity index (χ3v) is 3.82. The molecule has 2 amide bonds. The van der Waals surface area contributed by atoms with Crippen molar-refractivity contribution < 1.29 is 19.8 Å². The molecule has 1 unspecified atom stereocenters. The number of hydrogen-bond acceptors (Lipinski definition) is 3. The van der Waals surface area contributed by atoms with Crippen LogP contribution in [0.15, 0.2) is 0 Å². The Morgan fingerprint density at radius 1 is 1.37 bits per heavy atom. The van der Waals surface area contributed by atoms with E-state index in [1.807, 2.05) is 6.92 Å². The molecule has 1 rings (SSSR count). The van der Waals surface area contributed by atoms with Crippen molar-refractivity contribution in [1.82, 2.24) is 9.80 Å². The second kappa shape index (κ2) is 6.75. The molecule has 1 heterocycles. The van der Waals surface area contributed by atoms with E-state index in [4.69, 9.17) is 5.11 Å². The van der Waals surface area contributed by atoms with Gasteiger partial charge in [0.15, 0.2) is 0 Å². The van der Waals surface area contributed by atoms with Gasteiger partial charge in [0.1, 0.15) is 5.54 Å². The number of piperidine rings is 1. The minimum Gasteiger partial charge on any atom is -0.480 e. The minimum atomic E-state index is -1.11. The summed E-state index contributed by atoms with van der Waals surface area (Å²) in [4.78, 5) is 27.0. The summed E-state index contributed by atoms with van der Waals surface area (Å²) < 4.78 is 0. The van der Waals surface area contributed by atoms with E-state index in [-0.39, 0.29) is 12.6 Å². The fourth-order valence-corrected chi connectivity index (χ4v) is 2.47. The number of aliphatic hydroxyl groups is 1. The molecule has 19 heavy (non-hydrogen) atoms. The molecule has 1 aliphatic heterocycles. The zero-order valence-corrected chi connectivity index (χ0v) is 11.8. The number of likely N-dealkylation sites (tertiary alicyclic amines) is 1. The van der Waals surface area contributed by atoms with E-state index in [1.54, 1.807) is 11.8 Å². The number of aliphatic hydroxyl groups excluding tert-OH is 1. The first-order valence-corrected chi connectivity index (χ1v) is 6.88. The van der Waals surface area contributed by atoms with Gasteiger partial charge in [-0.25, -0.2) is 9.59 Å². The van der Waals surface area contributed by atoms with Gasteiger partial charge < -0.3 is 20.0 Å². The number of rotatable bonds is 5. The second-order valence-corrected chi connectivity index (χ2v) is 5.13. The predicted molar refractivity (Wildman–Crippen MR) is 70.9 cm³/mol. The molecule has 0 saturated carbocycles. The first-order valence-electron chi connectivity index (χ1n) is 6.88. The number of nitrogens with zero attached hydrogens (tertiary/aromatic N) is 2. The van der Waals surface area contributed by atoms with Gasteiger partial charge >= 0.3 is 12.0 Å². The number of carbonyl (C=O) groups excluding carboxylic acids is 1. The van der Waals surface area contributed by atoms with E-state index >= 15 is 0 Å². The van der Waals surface area contributed by atoms with Gasteiger partial charge in [-0.1, -0.05) is 0 Å². The maximum Gasteiger partial charge on any atom is 0.329 e. The van der Waals surface area contributed by atoms with Crippen LogP contribution in [0.25, 0.3) is 0 Å². The number of hydrogen-bond donors (Lipinski definition) is 2. The van der Waals surface area contributed by atoms with Crippen LogP contribution in [0.2, 0.25) is 0 Å². The molecule has 6 nitrogen and oxygen atoms in total. The standard InChI is InChI=1S/C13H24N2O4/c1-3-14(8-6-10-16)12(19)15-9-5-4-7-13(15,2)11(17)18/h16H,3-10H2,1-2H3,(H,17,18). The Labute approximate surface area is 114 Å². The Balaban J connectivity index is 2.84. The van der Waals surface area contributed by atoms with Crippen LogP contribution >= 0.6 is 0 Å². The highest BCUT2D eigenvalue weighted by atomic mass is 16.4. The number of amides is 2. The van der Waals surface area contributed by atoms with Crippen LogP contribution in [0, 0.1) is 0 Å². The highest BCUT2D eigenvalue weighted by Crippen LogP contribution is 2.29. The number of carboxylic acid groups (broad SMARTS) is 1. The van der Waals surface area contributed by atoms with Crippen molar-refractivity contribution in [3.05, 3.63) is 0 Å². The molecule has 1 fully saturated rings. The van der Waals surface area contributed by atoms with Crippen LogP contribution < -0.4 is 0 Å². The van der Waals surface area contributed by atoms with Crippen molar-refractivity contribution in [3.63, 3.8) is 0 Å². The highest BCUT2D eigenvalue weighted by molar-refractivity contribution is 5.86. The van der Waals surface area contributed by atoms with Crippen molar-refractivity contribution in [1.29, 1.82) is 0 Å². The summed E-state index contributed by atoms with van der Waals surface area (Å²) in [6, 6.07) is -0.236. The lowest BCUT2D eigenvalue weighted by atomic mass is 9.89. The maximum absolute atomic E-state index is 12.5. The summed E-state index contributed by atoms with van der Waals surface area (Å²) in [5.41, 5.74) is -1.11. The number of aliphatic carboxylic acids is 1. The lowest BCUT2D eigenvalue weighted by Gasteiger charge is -2.43. The molecule has 2 N–H and O–H groups in total. The van der Waals surface area contributed by atoms with Gasteiger partial charge in [-0.15, -0.1) is 0 Å². The molecular formula is C13H24N2O4. The Morgan fingerprint density at radius 2 is 2.05 bits per heavy atom. The van der Waals surface area contributed by atoms with Gasteiger partial charge in [0.05, 0.1) is 0 Å². The molecule has 0 spiro atoms. The van der Waals surface area contributed by atoms with E-state index in [0.717, 1.165) is 12.8 Å². The molecule has 1 saturated heterocycles. The zero-order valence-electron chi connectivity index (χ0n) is 11.8. The van der Waals surface area contributed by atoms with Gasteiger partial charge in [-0.3, -0.25) is 0 Å². The molecular weight excluding hydrogens is 248 g/mol. The fraction of sp³-hybridized carbons (Fsp3) is 0.846. The van der Waals surface area contributed by atoms with E-state index in [9.17, 15) is 14.7 Å². The number of carboxylic acids is 1. The molecule has 0 aromatic heterocycles. The molecule has 0 aromatic carbocycles. The number of carbonyl (C=O) groups is 2. The summed E-state index contributed by atoms with van der Waals surface area (Å²) in [6.07, 6.45) is 2.67. The third kappa shape index (κ3) is 3.37. The first-order chi connectivity index (χ1) is 8.97. The maximum atomic E-state index is 12.5. The van der Waals surface area contributed by atoms with Crippen LogP contribution in [-0.4, -0.2) is 63.8 Å². The SMILES string of the molecule is CCN(CCCO)C(=O)N1CCCCC1(C)C(=O)O. The van der Waals surface area contributed by atoms with Crippen molar-refractivity contribution in [2.45, 2.75) is 45.1 Å². The number of urea groups is 1.